The smallest absolute Gasteiger partial charge is 0.220 e. The summed E-state index contributed by atoms with van der Waals surface area (Å²) < 4.78 is 0. The maximum absolute atomic E-state index is 11.4. The van der Waals surface area contributed by atoms with Crippen molar-refractivity contribution >= 4 is 5.91 Å². The van der Waals surface area contributed by atoms with E-state index in [-0.39, 0.29) is 18.0 Å². The van der Waals surface area contributed by atoms with Gasteiger partial charge in [0.1, 0.15) is 0 Å². The van der Waals surface area contributed by atoms with Gasteiger partial charge < -0.3 is 11.1 Å². The minimum absolute atomic E-state index is 0.0343. The van der Waals surface area contributed by atoms with E-state index in [0.717, 1.165) is 25.7 Å². The molecule has 0 bridgehead atoms. The Morgan fingerprint density at radius 1 is 1.53 bits per heavy atom. The van der Waals surface area contributed by atoms with Crippen LogP contribution in [0.15, 0.2) is 0 Å². The highest BCUT2D eigenvalue weighted by Crippen LogP contribution is 2.00. The van der Waals surface area contributed by atoms with Crippen LogP contribution in [0.4, 0.5) is 0 Å². The Kier molecular flexibility index (Phi) is 7.75. The van der Waals surface area contributed by atoms with Gasteiger partial charge in [-0.1, -0.05) is 19.3 Å². The van der Waals surface area contributed by atoms with E-state index in [0.29, 0.717) is 6.42 Å². The molecule has 2 unspecified atom stereocenters. The van der Waals surface area contributed by atoms with Crippen molar-refractivity contribution in [2.75, 3.05) is 0 Å². The van der Waals surface area contributed by atoms with Gasteiger partial charge in [0.2, 0.25) is 5.91 Å². The molecule has 0 aromatic carbocycles. The summed E-state index contributed by atoms with van der Waals surface area (Å²) in [4.78, 5) is 11.4. The molecular weight excluding hydrogens is 188 g/mol. The van der Waals surface area contributed by atoms with Crippen molar-refractivity contribution < 1.29 is 4.79 Å². The highest BCUT2D eigenvalue weighted by molar-refractivity contribution is 5.76. The number of nitrogens with two attached hydrogens (primary N) is 1. The van der Waals surface area contributed by atoms with E-state index < -0.39 is 0 Å². The fourth-order valence-electron chi connectivity index (χ4n) is 1.34. The van der Waals surface area contributed by atoms with Crippen LogP contribution in [0.5, 0.6) is 0 Å². The molecule has 0 saturated carbocycles. The number of terminal acetylenes is 1. The van der Waals surface area contributed by atoms with Crippen LogP contribution in [-0.2, 0) is 4.79 Å². The lowest BCUT2D eigenvalue weighted by atomic mass is 10.1. The zero-order valence-corrected chi connectivity index (χ0v) is 9.75. The Balaban J connectivity index is 3.68. The van der Waals surface area contributed by atoms with Crippen molar-refractivity contribution in [1.29, 1.82) is 0 Å². The summed E-state index contributed by atoms with van der Waals surface area (Å²) in [7, 11) is 0. The first-order valence-electron chi connectivity index (χ1n) is 5.61. The van der Waals surface area contributed by atoms with Gasteiger partial charge in [-0.25, -0.2) is 0 Å². The first-order chi connectivity index (χ1) is 7.10. The number of amides is 1. The molecule has 86 valence electrons. The minimum atomic E-state index is -0.113. The molecule has 3 N–H and O–H groups in total. The van der Waals surface area contributed by atoms with Gasteiger partial charge in [0, 0.05) is 12.5 Å². The molecule has 0 aliphatic heterocycles. The van der Waals surface area contributed by atoms with Gasteiger partial charge in [0.05, 0.1) is 6.04 Å². The minimum Gasteiger partial charge on any atom is -0.342 e. The average molecular weight is 210 g/mol. The summed E-state index contributed by atoms with van der Waals surface area (Å²) in [6.45, 7) is 3.99. The molecule has 0 saturated heterocycles. The molecule has 0 aliphatic carbocycles. The van der Waals surface area contributed by atoms with Crippen molar-refractivity contribution in [3.05, 3.63) is 0 Å². The predicted molar refractivity (Wildman–Crippen MR) is 63.2 cm³/mol. The zero-order chi connectivity index (χ0) is 11.7. The van der Waals surface area contributed by atoms with E-state index in [9.17, 15) is 4.79 Å². The van der Waals surface area contributed by atoms with Crippen LogP contribution < -0.4 is 11.1 Å². The Bertz CT molecular complexity index is 218. The normalized spacial score (nSPS) is 14.0. The van der Waals surface area contributed by atoms with Gasteiger partial charge in [0.15, 0.2) is 0 Å². The van der Waals surface area contributed by atoms with E-state index in [1.807, 2.05) is 13.8 Å². The van der Waals surface area contributed by atoms with Crippen molar-refractivity contribution in [1.82, 2.24) is 5.32 Å². The number of hydrogen-bond donors (Lipinski definition) is 2. The Labute approximate surface area is 92.8 Å². The lowest BCUT2D eigenvalue weighted by Crippen LogP contribution is -2.33. The number of nitrogens with one attached hydrogen (secondary N) is 1. The third kappa shape index (κ3) is 8.02. The molecule has 15 heavy (non-hydrogen) atoms. The summed E-state index contributed by atoms with van der Waals surface area (Å²) in [6.07, 6.45) is 9.34. The second-order valence-electron chi connectivity index (χ2n) is 3.94. The Hall–Kier alpha value is -1.01. The molecule has 0 aromatic heterocycles. The van der Waals surface area contributed by atoms with Crippen molar-refractivity contribution in [3.63, 3.8) is 0 Å². The van der Waals surface area contributed by atoms with Gasteiger partial charge in [-0.2, -0.15) is 0 Å². The first-order valence-corrected chi connectivity index (χ1v) is 5.61. The summed E-state index contributed by atoms with van der Waals surface area (Å²) in [5.41, 5.74) is 5.59. The Morgan fingerprint density at radius 2 is 2.20 bits per heavy atom. The second-order valence-corrected chi connectivity index (χ2v) is 3.94. The molecule has 0 aromatic rings. The largest absolute Gasteiger partial charge is 0.342 e. The summed E-state index contributed by atoms with van der Waals surface area (Å²) in [5, 5.41) is 2.83. The quantitative estimate of drug-likeness (QED) is 0.624. The average Bonchev–Trinajstić information content (AvgIpc) is 2.16. The molecule has 3 nitrogen and oxygen atoms in total. The van der Waals surface area contributed by atoms with Crippen LogP contribution in [0.25, 0.3) is 0 Å². The molecule has 0 spiro atoms. The van der Waals surface area contributed by atoms with Crippen LogP contribution in [0.3, 0.4) is 0 Å². The van der Waals surface area contributed by atoms with E-state index >= 15 is 0 Å². The number of hydrogen-bond acceptors (Lipinski definition) is 2. The molecule has 0 radical (unpaired) electrons. The van der Waals surface area contributed by atoms with Gasteiger partial charge in [0.25, 0.3) is 0 Å². The number of carbonyl (C=O) groups is 1. The standard InChI is InChI=1S/C12H22N2O/c1-4-7-11(5-2)14-12(15)9-6-8-10(3)13/h2,10-11H,4,6-9,13H2,1,3H3,(H,14,15). The van der Waals surface area contributed by atoms with Gasteiger partial charge in [-0.15, -0.1) is 6.42 Å². The maximum Gasteiger partial charge on any atom is 0.220 e. The molecule has 0 heterocycles. The molecule has 1 amide bonds. The SMILES string of the molecule is C#CC(CCC)NC(=O)CCCC(C)N. The van der Waals surface area contributed by atoms with Gasteiger partial charge in [-0.3, -0.25) is 4.79 Å². The molecular formula is C12H22N2O. The molecule has 0 rings (SSSR count). The van der Waals surface area contributed by atoms with E-state index in [4.69, 9.17) is 12.2 Å². The fraction of sp³-hybridized carbons (Fsp3) is 0.750. The van der Waals surface area contributed by atoms with Crippen LogP contribution in [0.2, 0.25) is 0 Å². The Morgan fingerprint density at radius 3 is 2.67 bits per heavy atom. The summed E-state index contributed by atoms with van der Waals surface area (Å²) in [5.74, 6) is 2.61. The maximum atomic E-state index is 11.4. The molecule has 0 aliphatic rings. The van der Waals surface area contributed by atoms with Crippen LogP contribution >= 0.6 is 0 Å². The zero-order valence-electron chi connectivity index (χ0n) is 9.75. The highest BCUT2D eigenvalue weighted by Gasteiger charge is 2.08. The number of rotatable bonds is 7. The monoisotopic (exact) mass is 210 g/mol. The predicted octanol–water partition coefficient (Wildman–Crippen LogP) is 1.42. The van der Waals surface area contributed by atoms with Gasteiger partial charge in [-0.05, 0) is 26.2 Å². The van der Waals surface area contributed by atoms with Crippen LogP contribution in [-0.4, -0.2) is 18.0 Å². The van der Waals surface area contributed by atoms with Crippen molar-refractivity contribution in [2.45, 2.75) is 58.0 Å². The van der Waals surface area contributed by atoms with E-state index in [1.165, 1.54) is 0 Å². The summed E-state index contributed by atoms with van der Waals surface area (Å²) in [6, 6.07) is 0.0506. The van der Waals surface area contributed by atoms with Crippen LogP contribution in [0.1, 0.15) is 46.0 Å². The molecule has 0 fully saturated rings. The lowest BCUT2D eigenvalue weighted by molar-refractivity contribution is -0.121. The molecule has 2 atom stereocenters. The van der Waals surface area contributed by atoms with E-state index in [1.54, 1.807) is 0 Å². The third-order valence-electron chi connectivity index (χ3n) is 2.18. The molecule has 3 heteroatoms. The lowest BCUT2D eigenvalue weighted by Gasteiger charge is -2.12. The van der Waals surface area contributed by atoms with Crippen LogP contribution in [0, 0.1) is 12.3 Å². The second kappa shape index (κ2) is 8.31. The van der Waals surface area contributed by atoms with Crippen molar-refractivity contribution in [3.8, 4) is 12.3 Å². The van der Waals surface area contributed by atoms with Crippen molar-refractivity contribution in [2.24, 2.45) is 5.73 Å². The fourth-order valence-corrected chi connectivity index (χ4v) is 1.34. The third-order valence-corrected chi connectivity index (χ3v) is 2.18. The topological polar surface area (TPSA) is 55.1 Å². The van der Waals surface area contributed by atoms with E-state index in [2.05, 4.69) is 11.2 Å². The highest BCUT2D eigenvalue weighted by atomic mass is 16.1. The first kappa shape index (κ1) is 14.0. The summed E-state index contributed by atoms with van der Waals surface area (Å²) >= 11 is 0. The van der Waals surface area contributed by atoms with Gasteiger partial charge >= 0.3 is 0 Å². The number of carbonyl (C=O) groups excluding carboxylic acids is 1.